The average Bonchev–Trinajstić information content (AvgIpc) is 3.42. The van der Waals surface area contributed by atoms with Crippen molar-refractivity contribution >= 4 is 28.0 Å². The summed E-state index contributed by atoms with van der Waals surface area (Å²) < 4.78 is 17.7. The molecule has 0 saturated carbocycles. The van der Waals surface area contributed by atoms with E-state index in [1.807, 2.05) is 48.5 Å². The fraction of sp³-hybridized carbons (Fsp3) is 0.136. The summed E-state index contributed by atoms with van der Waals surface area (Å²) in [5.74, 6) is -0.161. The predicted octanol–water partition coefficient (Wildman–Crippen LogP) is 3.50. The molecule has 3 heterocycles. The summed E-state index contributed by atoms with van der Waals surface area (Å²) in [5.41, 5.74) is 1.40. The minimum atomic E-state index is -0.781. The molecule has 0 N–H and O–H groups in total. The second kappa shape index (κ2) is 7.52. The summed E-state index contributed by atoms with van der Waals surface area (Å²) in [7, 11) is 0. The molecule has 9 heteroatoms. The van der Waals surface area contributed by atoms with Gasteiger partial charge in [0.15, 0.2) is 6.10 Å². The van der Waals surface area contributed by atoms with Crippen molar-refractivity contribution < 1.29 is 18.4 Å². The molecule has 154 valence electrons. The van der Waals surface area contributed by atoms with E-state index in [-0.39, 0.29) is 18.0 Å². The molecule has 0 aliphatic rings. The number of nitrogens with zero attached hydrogens (tertiary/aromatic N) is 4. The molecule has 3 aromatic heterocycles. The Hall–Kier alpha value is -4.27. The van der Waals surface area contributed by atoms with Gasteiger partial charge in [-0.1, -0.05) is 30.3 Å². The van der Waals surface area contributed by atoms with Crippen LogP contribution < -0.4 is 5.56 Å². The lowest BCUT2D eigenvalue weighted by Crippen LogP contribution is -2.26. The Labute approximate surface area is 174 Å². The highest BCUT2D eigenvalue weighted by molar-refractivity contribution is 6.01. The number of furan rings is 1. The van der Waals surface area contributed by atoms with Crippen molar-refractivity contribution in [2.75, 3.05) is 0 Å². The van der Waals surface area contributed by atoms with Crippen LogP contribution in [-0.4, -0.2) is 25.7 Å². The molecule has 9 nitrogen and oxygen atoms in total. The van der Waals surface area contributed by atoms with Gasteiger partial charge in [0.25, 0.3) is 11.4 Å². The maximum absolute atomic E-state index is 12.7. The molecule has 1 atom stereocenters. The number of hydrogen-bond acceptors (Lipinski definition) is 8. The monoisotopic (exact) mass is 416 g/mol. The zero-order valence-corrected chi connectivity index (χ0v) is 16.4. The zero-order valence-electron chi connectivity index (χ0n) is 16.4. The van der Waals surface area contributed by atoms with Gasteiger partial charge in [-0.2, -0.15) is 0 Å². The van der Waals surface area contributed by atoms with Crippen molar-refractivity contribution in [3.63, 3.8) is 0 Å². The standard InChI is InChI=1S/C22H16N4O5/c1-13(20-24-25-21(31-20)14-7-3-2-4-8-14)29-17(27)11-26-12-23-18-15-9-5-6-10-16(15)30-19(18)22(26)28/h2-10,12-13H,11H2,1H3. The first-order valence-electron chi connectivity index (χ1n) is 9.55. The number of esters is 1. The van der Waals surface area contributed by atoms with Crippen LogP contribution in [0.4, 0.5) is 0 Å². The minimum absolute atomic E-state index is 0.0916. The fourth-order valence-corrected chi connectivity index (χ4v) is 3.25. The number of rotatable bonds is 5. The first-order chi connectivity index (χ1) is 15.1. The van der Waals surface area contributed by atoms with Crippen LogP contribution in [0, 0.1) is 0 Å². The molecular weight excluding hydrogens is 400 g/mol. The summed E-state index contributed by atoms with van der Waals surface area (Å²) in [6, 6.07) is 16.5. The van der Waals surface area contributed by atoms with E-state index in [2.05, 4.69) is 15.2 Å². The lowest BCUT2D eigenvalue weighted by Gasteiger charge is -2.10. The van der Waals surface area contributed by atoms with Gasteiger partial charge in [0, 0.05) is 10.9 Å². The predicted molar refractivity (Wildman–Crippen MR) is 110 cm³/mol. The summed E-state index contributed by atoms with van der Waals surface area (Å²) in [5, 5.41) is 8.67. The highest BCUT2D eigenvalue weighted by Crippen LogP contribution is 2.24. The van der Waals surface area contributed by atoms with Crippen LogP contribution in [-0.2, 0) is 16.1 Å². The maximum Gasteiger partial charge on any atom is 0.326 e. The van der Waals surface area contributed by atoms with Gasteiger partial charge in [-0.3, -0.25) is 14.2 Å². The summed E-state index contributed by atoms with van der Waals surface area (Å²) in [6.07, 6.45) is 0.523. The van der Waals surface area contributed by atoms with Crippen molar-refractivity contribution in [3.05, 3.63) is 77.2 Å². The van der Waals surface area contributed by atoms with Crippen molar-refractivity contribution in [2.24, 2.45) is 0 Å². The van der Waals surface area contributed by atoms with Crippen LogP contribution >= 0.6 is 0 Å². The van der Waals surface area contributed by atoms with E-state index in [4.69, 9.17) is 13.6 Å². The maximum atomic E-state index is 12.7. The second-order valence-electron chi connectivity index (χ2n) is 6.90. The summed E-state index contributed by atoms with van der Waals surface area (Å²) in [4.78, 5) is 29.4. The van der Waals surface area contributed by atoms with Gasteiger partial charge >= 0.3 is 5.97 Å². The van der Waals surface area contributed by atoms with Crippen molar-refractivity contribution in [3.8, 4) is 11.5 Å². The number of aromatic nitrogens is 4. The van der Waals surface area contributed by atoms with Crippen LogP contribution in [0.25, 0.3) is 33.5 Å². The minimum Gasteiger partial charge on any atom is -0.451 e. The second-order valence-corrected chi connectivity index (χ2v) is 6.90. The van der Waals surface area contributed by atoms with Crippen LogP contribution in [0.3, 0.4) is 0 Å². The molecule has 0 bridgehead atoms. The lowest BCUT2D eigenvalue weighted by atomic mass is 10.2. The smallest absolute Gasteiger partial charge is 0.326 e. The van der Waals surface area contributed by atoms with E-state index >= 15 is 0 Å². The van der Waals surface area contributed by atoms with Crippen LogP contribution in [0.15, 0.2) is 74.6 Å². The number of para-hydroxylation sites is 1. The van der Waals surface area contributed by atoms with Gasteiger partial charge < -0.3 is 13.6 Å². The van der Waals surface area contributed by atoms with Crippen molar-refractivity contribution in [1.29, 1.82) is 0 Å². The average molecular weight is 416 g/mol. The molecule has 1 unspecified atom stereocenters. The fourth-order valence-electron chi connectivity index (χ4n) is 3.25. The SMILES string of the molecule is CC(OC(=O)Cn1cnc2c(oc3ccccc32)c1=O)c1nnc(-c2ccccc2)o1. The molecule has 0 aliphatic carbocycles. The number of ether oxygens (including phenoxy) is 1. The zero-order chi connectivity index (χ0) is 21.4. The van der Waals surface area contributed by atoms with Gasteiger partial charge in [0.1, 0.15) is 17.6 Å². The summed E-state index contributed by atoms with van der Waals surface area (Å²) >= 11 is 0. The topological polar surface area (TPSA) is 113 Å². The van der Waals surface area contributed by atoms with E-state index in [0.717, 1.165) is 15.5 Å². The Bertz CT molecular complexity index is 1450. The Kier molecular flexibility index (Phi) is 4.55. The normalized spacial score (nSPS) is 12.3. The van der Waals surface area contributed by atoms with Crippen LogP contribution in [0.2, 0.25) is 0 Å². The Morgan fingerprint density at radius 3 is 2.68 bits per heavy atom. The van der Waals surface area contributed by atoms with Crippen molar-refractivity contribution in [2.45, 2.75) is 19.6 Å². The van der Waals surface area contributed by atoms with Crippen LogP contribution in [0.1, 0.15) is 18.9 Å². The number of hydrogen-bond donors (Lipinski definition) is 0. The Morgan fingerprint density at radius 1 is 1.06 bits per heavy atom. The van der Waals surface area contributed by atoms with E-state index in [1.165, 1.54) is 6.33 Å². The van der Waals surface area contributed by atoms with Crippen molar-refractivity contribution in [1.82, 2.24) is 19.7 Å². The third kappa shape index (κ3) is 3.46. The van der Waals surface area contributed by atoms with Gasteiger partial charge in [0.2, 0.25) is 11.5 Å². The van der Waals surface area contributed by atoms with Gasteiger partial charge in [-0.15, -0.1) is 10.2 Å². The molecule has 0 fully saturated rings. The van der Waals surface area contributed by atoms with Crippen LogP contribution in [0.5, 0.6) is 0 Å². The third-order valence-corrected chi connectivity index (χ3v) is 4.77. The van der Waals surface area contributed by atoms with E-state index in [9.17, 15) is 9.59 Å². The molecule has 0 amide bonds. The van der Waals surface area contributed by atoms with Gasteiger partial charge in [-0.25, -0.2) is 4.98 Å². The molecule has 0 spiro atoms. The highest BCUT2D eigenvalue weighted by atomic mass is 16.6. The number of carbonyl (C=O) groups excluding carboxylic acids is 1. The van der Waals surface area contributed by atoms with E-state index in [0.29, 0.717) is 17.0 Å². The number of fused-ring (bicyclic) bond motifs is 3. The van der Waals surface area contributed by atoms with E-state index in [1.54, 1.807) is 13.0 Å². The third-order valence-electron chi connectivity index (χ3n) is 4.77. The first-order valence-corrected chi connectivity index (χ1v) is 9.55. The number of benzene rings is 2. The largest absolute Gasteiger partial charge is 0.451 e. The van der Waals surface area contributed by atoms with Gasteiger partial charge in [0.05, 0.1) is 6.33 Å². The Morgan fingerprint density at radius 2 is 1.84 bits per heavy atom. The molecule has 2 aromatic carbocycles. The quantitative estimate of drug-likeness (QED) is 0.400. The molecule has 5 rings (SSSR count). The summed E-state index contributed by atoms with van der Waals surface area (Å²) in [6.45, 7) is 1.28. The van der Waals surface area contributed by atoms with Gasteiger partial charge in [-0.05, 0) is 31.2 Å². The molecular formula is C22H16N4O5. The first kappa shape index (κ1) is 18.7. The van der Waals surface area contributed by atoms with E-state index < -0.39 is 17.6 Å². The number of carbonyl (C=O) groups is 1. The molecule has 5 aromatic rings. The lowest BCUT2D eigenvalue weighted by molar-refractivity contribution is -0.150. The molecule has 0 saturated heterocycles. The Balaban J connectivity index is 1.33. The molecule has 0 aliphatic heterocycles. The highest BCUT2D eigenvalue weighted by Gasteiger charge is 2.20. The molecule has 31 heavy (non-hydrogen) atoms. The molecule has 0 radical (unpaired) electrons.